The molecule has 0 saturated heterocycles. The van der Waals surface area contributed by atoms with Gasteiger partial charge in [-0.3, -0.25) is 10.00 Å². The van der Waals surface area contributed by atoms with E-state index in [4.69, 9.17) is 11.6 Å². The predicted molar refractivity (Wildman–Crippen MR) is 114 cm³/mol. The van der Waals surface area contributed by atoms with E-state index >= 15 is 0 Å². The average molecular weight is 422 g/mol. The minimum atomic E-state index is -0.150. The number of hydrogen-bond donors (Lipinski definition) is 3. The minimum absolute atomic E-state index is 0.0431. The van der Waals surface area contributed by atoms with E-state index in [0.29, 0.717) is 17.8 Å². The largest absolute Gasteiger partial charge is 0.507 e. The summed E-state index contributed by atoms with van der Waals surface area (Å²) in [6.45, 7) is 2.44. The number of imidazole rings is 1. The van der Waals surface area contributed by atoms with Crippen LogP contribution in [0.1, 0.15) is 16.8 Å². The van der Waals surface area contributed by atoms with E-state index in [1.54, 1.807) is 18.6 Å². The summed E-state index contributed by atoms with van der Waals surface area (Å²) in [4.78, 5) is 6.44. The van der Waals surface area contributed by atoms with Gasteiger partial charge in [-0.1, -0.05) is 23.7 Å². The maximum absolute atomic E-state index is 10.3. The van der Waals surface area contributed by atoms with Crippen molar-refractivity contribution >= 4 is 11.6 Å². The quantitative estimate of drug-likeness (QED) is 0.465. The van der Waals surface area contributed by atoms with E-state index < -0.39 is 0 Å². The van der Waals surface area contributed by atoms with Gasteiger partial charge in [-0.25, -0.2) is 4.98 Å². The van der Waals surface area contributed by atoms with Crippen LogP contribution in [0.3, 0.4) is 0 Å². The second-order valence-electron chi connectivity index (χ2n) is 7.45. The van der Waals surface area contributed by atoms with Crippen LogP contribution in [-0.4, -0.2) is 41.4 Å². The first-order valence-corrected chi connectivity index (χ1v) is 10.0. The van der Waals surface area contributed by atoms with E-state index in [9.17, 15) is 10.2 Å². The molecule has 7 nitrogen and oxygen atoms in total. The zero-order valence-electron chi connectivity index (χ0n) is 16.1. The van der Waals surface area contributed by atoms with Crippen LogP contribution in [0, 0.1) is 0 Å². The molecule has 30 heavy (non-hydrogen) atoms. The predicted octanol–water partition coefficient (Wildman–Crippen LogP) is 3.89. The second kappa shape index (κ2) is 7.51. The van der Waals surface area contributed by atoms with Crippen LogP contribution < -0.4 is 0 Å². The van der Waals surface area contributed by atoms with Crippen molar-refractivity contribution in [3.05, 3.63) is 77.0 Å². The third-order valence-electron chi connectivity index (χ3n) is 5.48. The van der Waals surface area contributed by atoms with E-state index in [1.807, 2.05) is 10.8 Å². The number of halogens is 1. The molecule has 2 aromatic carbocycles. The standard InChI is InChI=1S/C22H20ClN5O2/c23-18-9-16(20(29)10-21(18)30)22-17-12-27(7-5-19(17)25-26-22)11-14-1-3-15(4-2-14)28-8-6-24-13-28/h1-4,6,8-10,13,29-30H,5,7,11-12H2,(H,25,26). The number of aromatic amines is 1. The SMILES string of the molecule is Oc1cc(O)c(-c2n[nH]c3c2CN(Cc2ccc(-n4ccnc4)cc2)CC3)cc1Cl. The highest BCUT2D eigenvalue weighted by molar-refractivity contribution is 6.32. The van der Waals surface area contributed by atoms with Gasteiger partial charge in [0.25, 0.3) is 0 Å². The molecule has 0 saturated carbocycles. The Kier molecular flexibility index (Phi) is 4.69. The lowest BCUT2D eigenvalue weighted by Gasteiger charge is -2.27. The monoisotopic (exact) mass is 421 g/mol. The molecular weight excluding hydrogens is 402 g/mol. The van der Waals surface area contributed by atoms with Gasteiger partial charge in [0.15, 0.2) is 0 Å². The molecule has 4 aromatic rings. The summed E-state index contributed by atoms with van der Waals surface area (Å²) in [6, 6.07) is 11.2. The maximum atomic E-state index is 10.3. The van der Waals surface area contributed by atoms with E-state index in [0.717, 1.165) is 36.5 Å². The molecule has 0 unspecified atom stereocenters. The number of phenols is 2. The third kappa shape index (κ3) is 3.42. The molecule has 5 rings (SSSR count). The Balaban J connectivity index is 1.37. The van der Waals surface area contributed by atoms with Crippen LogP contribution in [0.2, 0.25) is 5.02 Å². The minimum Gasteiger partial charge on any atom is -0.507 e. The van der Waals surface area contributed by atoms with Crippen molar-refractivity contribution in [1.29, 1.82) is 0 Å². The fraction of sp³-hybridized carbons (Fsp3) is 0.182. The molecule has 0 fully saturated rings. The van der Waals surface area contributed by atoms with E-state index in [2.05, 4.69) is 44.3 Å². The van der Waals surface area contributed by atoms with Crippen LogP contribution in [-0.2, 0) is 19.5 Å². The topological polar surface area (TPSA) is 90.2 Å². The number of fused-ring (bicyclic) bond motifs is 1. The Labute approximate surface area is 178 Å². The highest BCUT2D eigenvalue weighted by Gasteiger charge is 2.24. The number of H-pyrrole nitrogens is 1. The summed E-state index contributed by atoms with van der Waals surface area (Å²) in [5.41, 5.74) is 5.61. The number of phenolic OH excluding ortho intramolecular Hbond substituents is 2. The molecule has 3 N–H and O–H groups in total. The molecule has 0 bridgehead atoms. The second-order valence-corrected chi connectivity index (χ2v) is 7.85. The summed E-state index contributed by atoms with van der Waals surface area (Å²) in [5.74, 6) is -0.193. The molecule has 1 aliphatic heterocycles. The molecule has 3 heterocycles. The molecule has 2 aromatic heterocycles. The Morgan fingerprint density at radius 1 is 1.10 bits per heavy atom. The molecule has 152 valence electrons. The zero-order valence-corrected chi connectivity index (χ0v) is 16.8. The van der Waals surface area contributed by atoms with Crippen LogP contribution in [0.15, 0.2) is 55.1 Å². The summed E-state index contributed by atoms with van der Waals surface area (Å²) in [5, 5.41) is 27.7. The first-order chi connectivity index (χ1) is 14.6. The van der Waals surface area contributed by atoms with Crippen molar-refractivity contribution in [1.82, 2.24) is 24.6 Å². The molecule has 0 atom stereocenters. The molecule has 0 aliphatic carbocycles. The summed E-state index contributed by atoms with van der Waals surface area (Å²) in [6.07, 6.45) is 6.32. The number of nitrogens with one attached hydrogen (secondary N) is 1. The third-order valence-corrected chi connectivity index (χ3v) is 5.78. The number of benzene rings is 2. The van der Waals surface area contributed by atoms with Gasteiger partial charge < -0.3 is 14.8 Å². The average Bonchev–Trinajstić information content (AvgIpc) is 3.41. The Hall–Kier alpha value is -3.29. The number of aromatic nitrogens is 4. The maximum Gasteiger partial charge on any atom is 0.137 e. The normalized spacial score (nSPS) is 14.0. The highest BCUT2D eigenvalue weighted by atomic mass is 35.5. The smallest absolute Gasteiger partial charge is 0.137 e. The van der Waals surface area contributed by atoms with Gasteiger partial charge in [0, 0.05) is 67.0 Å². The van der Waals surface area contributed by atoms with Crippen molar-refractivity contribution in [3.63, 3.8) is 0 Å². The van der Waals surface area contributed by atoms with Crippen LogP contribution in [0.25, 0.3) is 16.9 Å². The zero-order chi connectivity index (χ0) is 20.7. The van der Waals surface area contributed by atoms with Gasteiger partial charge in [0.2, 0.25) is 0 Å². The van der Waals surface area contributed by atoms with Gasteiger partial charge in [-0.05, 0) is 23.8 Å². The summed E-state index contributed by atoms with van der Waals surface area (Å²) in [7, 11) is 0. The molecule has 0 spiro atoms. The van der Waals surface area contributed by atoms with Crippen molar-refractivity contribution in [2.45, 2.75) is 19.5 Å². The van der Waals surface area contributed by atoms with Gasteiger partial charge >= 0.3 is 0 Å². The number of rotatable bonds is 4. The Morgan fingerprint density at radius 2 is 1.93 bits per heavy atom. The number of nitrogens with zero attached hydrogens (tertiary/aromatic N) is 4. The van der Waals surface area contributed by atoms with Crippen LogP contribution >= 0.6 is 11.6 Å². The first-order valence-electron chi connectivity index (χ1n) is 9.66. The molecule has 0 radical (unpaired) electrons. The van der Waals surface area contributed by atoms with Gasteiger partial charge in [0.05, 0.1) is 11.3 Å². The van der Waals surface area contributed by atoms with E-state index in [1.165, 1.54) is 11.6 Å². The summed E-state index contributed by atoms with van der Waals surface area (Å²) >= 11 is 6.06. The Bertz CT molecular complexity index is 1190. The molecule has 8 heteroatoms. The molecule has 1 aliphatic rings. The van der Waals surface area contributed by atoms with Crippen LogP contribution in [0.4, 0.5) is 0 Å². The molecular formula is C22H20ClN5O2. The van der Waals surface area contributed by atoms with Crippen molar-refractivity contribution < 1.29 is 10.2 Å². The van der Waals surface area contributed by atoms with Crippen molar-refractivity contribution in [2.24, 2.45) is 0 Å². The lowest BCUT2D eigenvalue weighted by molar-refractivity contribution is 0.245. The van der Waals surface area contributed by atoms with Crippen LogP contribution in [0.5, 0.6) is 11.5 Å². The fourth-order valence-corrected chi connectivity index (χ4v) is 4.06. The lowest BCUT2D eigenvalue weighted by Crippen LogP contribution is -2.30. The first kappa shape index (κ1) is 18.7. The fourth-order valence-electron chi connectivity index (χ4n) is 3.89. The van der Waals surface area contributed by atoms with Gasteiger partial charge in [-0.15, -0.1) is 0 Å². The van der Waals surface area contributed by atoms with Gasteiger partial charge in [0.1, 0.15) is 17.2 Å². The van der Waals surface area contributed by atoms with Crippen molar-refractivity contribution in [2.75, 3.05) is 6.54 Å². The summed E-state index contributed by atoms with van der Waals surface area (Å²) < 4.78 is 1.98. The van der Waals surface area contributed by atoms with Crippen molar-refractivity contribution in [3.8, 4) is 28.4 Å². The highest BCUT2D eigenvalue weighted by Crippen LogP contribution is 2.39. The number of hydrogen-bond acceptors (Lipinski definition) is 5. The lowest BCUT2D eigenvalue weighted by atomic mass is 10.00. The molecule has 0 amide bonds. The van der Waals surface area contributed by atoms with Gasteiger partial charge in [-0.2, -0.15) is 5.10 Å². The number of aromatic hydroxyl groups is 2. The van der Waals surface area contributed by atoms with E-state index in [-0.39, 0.29) is 16.5 Å². The Morgan fingerprint density at radius 3 is 2.70 bits per heavy atom.